The number of furan rings is 1. The molecule has 1 aliphatic heterocycles. The number of rotatable bonds is 6. The fourth-order valence-electron chi connectivity index (χ4n) is 2.74. The van der Waals surface area contributed by atoms with Gasteiger partial charge < -0.3 is 20.8 Å². The number of hydrogen-bond donors (Lipinski definition) is 3. The Kier molecular flexibility index (Phi) is 5.38. The lowest BCUT2D eigenvalue weighted by Crippen LogP contribution is -2.33. The normalized spacial score (nSPS) is 17.4. The van der Waals surface area contributed by atoms with Crippen LogP contribution >= 0.6 is 0 Å². The van der Waals surface area contributed by atoms with Crippen LogP contribution in [0.5, 0.6) is 0 Å². The molecule has 1 aromatic rings. The quantitative estimate of drug-likeness (QED) is 0.729. The number of carbonyl (C=O) groups excluding carboxylic acids is 2. The zero-order chi connectivity index (χ0) is 15.2. The molecule has 21 heavy (non-hydrogen) atoms. The van der Waals surface area contributed by atoms with E-state index < -0.39 is 5.91 Å². The maximum Gasteiger partial charge on any atom is 0.284 e. The molecule has 0 aromatic carbocycles. The van der Waals surface area contributed by atoms with Crippen molar-refractivity contribution in [3.8, 4) is 0 Å². The number of primary amides is 1. The highest BCUT2D eigenvalue weighted by Crippen LogP contribution is 2.24. The van der Waals surface area contributed by atoms with Gasteiger partial charge in [0.1, 0.15) is 5.76 Å². The van der Waals surface area contributed by atoms with Gasteiger partial charge in [0.25, 0.3) is 5.91 Å². The SMILES string of the molecule is CC(CC(=O)NCc1ccc(C(N)=O)o1)C1CCNCC1. The molecular weight excluding hydrogens is 270 g/mol. The van der Waals surface area contributed by atoms with Crippen LogP contribution in [0.2, 0.25) is 0 Å². The van der Waals surface area contributed by atoms with Crippen molar-refractivity contribution in [3.63, 3.8) is 0 Å². The van der Waals surface area contributed by atoms with Gasteiger partial charge in [-0.1, -0.05) is 6.92 Å². The predicted molar refractivity (Wildman–Crippen MR) is 78.4 cm³/mol. The zero-order valence-corrected chi connectivity index (χ0v) is 12.4. The van der Waals surface area contributed by atoms with Crippen molar-refractivity contribution in [2.24, 2.45) is 17.6 Å². The first-order valence-electron chi connectivity index (χ1n) is 7.42. The molecule has 0 radical (unpaired) electrons. The second kappa shape index (κ2) is 7.26. The Labute approximate surface area is 124 Å². The minimum absolute atomic E-state index is 0.0121. The highest BCUT2D eigenvalue weighted by atomic mass is 16.4. The van der Waals surface area contributed by atoms with Crippen LogP contribution in [0.4, 0.5) is 0 Å². The number of piperidine rings is 1. The van der Waals surface area contributed by atoms with Crippen molar-refractivity contribution in [2.45, 2.75) is 32.7 Å². The smallest absolute Gasteiger partial charge is 0.284 e. The lowest BCUT2D eigenvalue weighted by Gasteiger charge is -2.27. The minimum atomic E-state index is -0.605. The van der Waals surface area contributed by atoms with Crippen molar-refractivity contribution in [1.29, 1.82) is 0 Å². The first-order valence-corrected chi connectivity index (χ1v) is 7.42. The van der Waals surface area contributed by atoms with Gasteiger partial charge in [0.05, 0.1) is 6.54 Å². The van der Waals surface area contributed by atoms with Gasteiger partial charge in [-0.25, -0.2) is 0 Å². The van der Waals surface area contributed by atoms with E-state index in [4.69, 9.17) is 10.2 Å². The number of nitrogens with one attached hydrogen (secondary N) is 2. The first-order chi connectivity index (χ1) is 10.1. The van der Waals surface area contributed by atoms with Crippen LogP contribution in [-0.4, -0.2) is 24.9 Å². The lowest BCUT2D eigenvalue weighted by atomic mass is 9.84. The van der Waals surface area contributed by atoms with Gasteiger partial charge in [0.15, 0.2) is 5.76 Å². The van der Waals surface area contributed by atoms with E-state index in [1.165, 1.54) is 6.07 Å². The average molecular weight is 293 g/mol. The molecule has 1 aliphatic rings. The topological polar surface area (TPSA) is 97.4 Å². The summed E-state index contributed by atoms with van der Waals surface area (Å²) in [4.78, 5) is 22.9. The van der Waals surface area contributed by atoms with Crippen molar-refractivity contribution < 1.29 is 14.0 Å². The molecular formula is C15H23N3O3. The van der Waals surface area contributed by atoms with Gasteiger partial charge in [0.2, 0.25) is 5.91 Å². The number of carbonyl (C=O) groups is 2. The molecule has 0 bridgehead atoms. The molecule has 6 heteroatoms. The van der Waals surface area contributed by atoms with Gasteiger partial charge in [0, 0.05) is 6.42 Å². The second-order valence-electron chi connectivity index (χ2n) is 5.68. The van der Waals surface area contributed by atoms with Crippen LogP contribution in [-0.2, 0) is 11.3 Å². The van der Waals surface area contributed by atoms with E-state index in [1.807, 2.05) is 0 Å². The summed E-state index contributed by atoms with van der Waals surface area (Å²) in [6.45, 7) is 4.50. The maximum atomic E-state index is 12.0. The Balaban J connectivity index is 1.74. The average Bonchev–Trinajstić information content (AvgIpc) is 2.95. The maximum absolute atomic E-state index is 12.0. The summed E-state index contributed by atoms with van der Waals surface area (Å²) >= 11 is 0. The second-order valence-corrected chi connectivity index (χ2v) is 5.68. The molecule has 2 rings (SSSR count). The van der Waals surface area contributed by atoms with Crippen LogP contribution in [0.25, 0.3) is 0 Å². The van der Waals surface area contributed by atoms with Crippen molar-refractivity contribution >= 4 is 11.8 Å². The fraction of sp³-hybridized carbons (Fsp3) is 0.600. The van der Waals surface area contributed by atoms with E-state index in [0.29, 0.717) is 24.0 Å². The van der Waals surface area contributed by atoms with Crippen LogP contribution in [0.3, 0.4) is 0 Å². The van der Waals surface area contributed by atoms with Crippen molar-refractivity contribution in [1.82, 2.24) is 10.6 Å². The zero-order valence-electron chi connectivity index (χ0n) is 12.4. The van der Waals surface area contributed by atoms with E-state index in [0.717, 1.165) is 25.9 Å². The molecule has 6 nitrogen and oxygen atoms in total. The molecule has 4 N–H and O–H groups in total. The number of nitrogens with two attached hydrogens (primary N) is 1. The third-order valence-corrected chi connectivity index (χ3v) is 4.06. The van der Waals surface area contributed by atoms with Crippen molar-refractivity contribution in [2.75, 3.05) is 13.1 Å². The highest BCUT2D eigenvalue weighted by molar-refractivity contribution is 5.89. The summed E-state index contributed by atoms with van der Waals surface area (Å²) in [5, 5.41) is 6.15. The molecule has 0 saturated carbocycles. The Hall–Kier alpha value is -1.82. The number of amides is 2. The predicted octanol–water partition coefficient (Wildman–Crippen LogP) is 1.02. The Bertz CT molecular complexity index is 492. The summed E-state index contributed by atoms with van der Waals surface area (Å²) in [7, 11) is 0. The van der Waals surface area contributed by atoms with Crippen LogP contribution in [0, 0.1) is 11.8 Å². The summed E-state index contributed by atoms with van der Waals surface area (Å²) in [6, 6.07) is 3.16. The molecule has 2 amide bonds. The van der Waals surface area contributed by atoms with E-state index in [-0.39, 0.29) is 18.2 Å². The molecule has 0 spiro atoms. The molecule has 1 unspecified atom stereocenters. The van der Waals surface area contributed by atoms with E-state index >= 15 is 0 Å². The van der Waals surface area contributed by atoms with Crippen LogP contribution in [0.1, 0.15) is 42.5 Å². The van der Waals surface area contributed by atoms with Gasteiger partial charge in [-0.05, 0) is 49.9 Å². The van der Waals surface area contributed by atoms with Gasteiger partial charge in [-0.2, -0.15) is 0 Å². The minimum Gasteiger partial charge on any atom is -0.454 e. The van der Waals surface area contributed by atoms with Crippen LogP contribution in [0.15, 0.2) is 16.5 Å². The van der Waals surface area contributed by atoms with E-state index in [9.17, 15) is 9.59 Å². The molecule has 1 atom stereocenters. The molecule has 116 valence electrons. The first kappa shape index (κ1) is 15.6. The summed E-state index contributed by atoms with van der Waals surface area (Å²) in [6.07, 6.45) is 2.79. The number of hydrogen-bond acceptors (Lipinski definition) is 4. The van der Waals surface area contributed by atoms with Crippen molar-refractivity contribution in [3.05, 3.63) is 23.7 Å². The molecule has 2 heterocycles. The lowest BCUT2D eigenvalue weighted by molar-refractivity contribution is -0.122. The third kappa shape index (κ3) is 4.60. The summed E-state index contributed by atoms with van der Waals surface area (Å²) < 4.78 is 5.22. The highest BCUT2D eigenvalue weighted by Gasteiger charge is 2.22. The Morgan fingerprint density at radius 3 is 2.76 bits per heavy atom. The fourth-order valence-corrected chi connectivity index (χ4v) is 2.74. The van der Waals surface area contributed by atoms with E-state index in [2.05, 4.69) is 17.6 Å². The molecule has 1 fully saturated rings. The summed E-state index contributed by atoms with van der Waals surface area (Å²) in [5.41, 5.74) is 5.11. The van der Waals surface area contributed by atoms with E-state index in [1.54, 1.807) is 6.07 Å². The molecule has 1 saturated heterocycles. The largest absolute Gasteiger partial charge is 0.454 e. The van der Waals surface area contributed by atoms with Gasteiger partial charge >= 0.3 is 0 Å². The third-order valence-electron chi connectivity index (χ3n) is 4.06. The summed E-state index contributed by atoms with van der Waals surface area (Å²) in [5.74, 6) is 1.05. The Morgan fingerprint density at radius 1 is 1.43 bits per heavy atom. The standard InChI is InChI=1S/C15H23N3O3/c1-10(11-4-6-17-7-5-11)8-14(19)18-9-12-2-3-13(21-12)15(16)20/h2-3,10-11,17H,4-9H2,1H3,(H2,16,20)(H,18,19). The van der Waals surface area contributed by atoms with Gasteiger partial charge in [-0.3, -0.25) is 9.59 Å². The molecule has 0 aliphatic carbocycles. The van der Waals surface area contributed by atoms with Crippen LogP contribution < -0.4 is 16.4 Å². The molecule has 1 aromatic heterocycles. The van der Waals surface area contributed by atoms with Gasteiger partial charge in [-0.15, -0.1) is 0 Å². The monoisotopic (exact) mass is 293 g/mol. The Morgan fingerprint density at radius 2 is 2.14 bits per heavy atom.